The molecule has 0 heterocycles. The van der Waals surface area contributed by atoms with Crippen LogP contribution in [0.1, 0.15) is 25.8 Å². The van der Waals surface area contributed by atoms with Gasteiger partial charge in [-0.15, -0.1) is 0 Å². The summed E-state index contributed by atoms with van der Waals surface area (Å²) >= 11 is 0. The van der Waals surface area contributed by atoms with Crippen molar-refractivity contribution in [2.75, 3.05) is 0 Å². The Bertz CT molecular complexity index is 496. The first-order valence-electron chi connectivity index (χ1n) is 6.83. The number of hydrogen-bond donors (Lipinski definition) is 1. The molecule has 1 atom stereocenters. The van der Waals surface area contributed by atoms with Gasteiger partial charge in [-0.25, -0.2) is 0 Å². The van der Waals surface area contributed by atoms with Crippen molar-refractivity contribution in [1.29, 1.82) is 0 Å². The van der Waals surface area contributed by atoms with Crippen molar-refractivity contribution in [1.82, 2.24) is 5.32 Å². The first-order valence-corrected chi connectivity index (χ1v) is 6.83. The molecule has 100 valence electrons. The lowest BCUT2D eigenvalue weighted by atomic mass is 10.2. The second-order valence-corrected chi connectivity index (χ2v) is 4.75. The summed E-state index contributed by atoms with van der Waals surface area (Å²) in [6.45, 7) is 5.26. The second kappa shape index (κ2) is 6.95. The molecule has 0 radical (unpaired) electrons. The number of ether oxygens (including phenoxy) is 1. The van der Waals surface area contributed by atoms with E-state index in [0.29, 0.717) is 6.04 Å². The van der Waals surface area contributed by atoms with Crippen LogP contribution in [0.15, 0.2) is 54.6 Å². The lowest BCUT2D eigenvalue weighted by molar-refractivity contribution is 0.480. The molecule has 1 N–H and O–H groups in total. The van der Waals surface area contributed by atoms with E-state index in [1.807, 2.05) is 42.5 Å². The van der Waals surface area contributed by atoms with Gasteiger partial charge in [-0.1, -0.05) is 37.3 Å². The summed E-state index contributed by atoms with van der Waals surface area (Å²) in [5, 5.41) is 3.48. The van der Waals surface area contributed by atoms with E-state index in [4.69, 9.17) is 4.74 Å². The zero-order valence-electron chi connectivity index (χ0n) is 11.6. The summed E-state index contributed by atoms with van der Waals surface area (Å²) in [4.78, 5) is 0. The third-order valence-electron chi connectivity index (χ3n) is 3.14. The Morgan fingerprint density at radius 2 is 1.74 bits per heavy atom. The van der Waals surface area contributed by atoms with E-state index in [2.05, 4.69) is 31.3 Å². The van der Waals surface area contributed by atoms with E-state index in [1.54, 1.807) is 0 Å². The molecular weight excluding hydrogens is 234 g/mol. The Balaban J connectivity index is 1.99. The van der Waals surface area contributed by atoms with Crippen molar-refractivity contribution in [3.63, 3.8) is 0 Å². The molecule has 2 heteroatoms. The van der Waals surface area contributed by atoms with Crippen molar-refractivity contribution in [3.8, 4) is 11.5 Å². The number of rotatable bonds is 6. The second-order valence-electron chi connectivity index (χ2n) is 4.75. The van der Waals surface area contributed by atoms with Crippen LogP contribution in [-0.4, -0.2) is 6.04 Å². The van der Waals surface area contributed by atoms with Gasteiger partial charge in [-0.05, 0) is 43.2 Å². The lowest BCUT2D eigenvalue weighted by Gasteiger charge is -2.12. The minimum atomic E-state index is 0.540. The maximum Gasteiger partial charge on any atom is 0.127 e. The molecule has 0 aromatic heterocycles. The molecule has 0 aliphatic rings. The van der Waals surface area contributed by atoms with Gasteiger partial charge in [0.1, 0.15) is 11.5 Å². The molecule has 2 aromatic rings. The van der Waals surface area contributed by atoms with E-state index in [0.717, 1.165) is 24.5 Å². The van der Waals surface area contributed by atoms with Crippen LogP contribution in [0, 0.1) is 0 Å². The fourth-order valence-electron chi connectivity index (χ4n) is 1.78. The fraction of sp³-hybridized carbons (Fsp3) is 0.294. The fourth-order valence-corrected chi connectivity index (χ4v) is 1.78. The summed E-state index contributed by atoms with van der Waals surface area (Å²) in [5.41, 5.74) is 1.24. The largest absolute Gasteiger partial charge is 0.457 e. The molecule has 2 aromatic carbocycles. The smallest absolute Gasteiger partial charge is 0.127 e. The van der Waals surface area contributed by atoms with Crippen LogP contribution in [0.25, 0.3) is 0 Å². The monoisotopic (exact) mass is 255 g/mol. The third-order valence-corrected chi connectivity index (χ3v) is 3.14. The van der Waals surface area contributed by atoms with Crippen molar-refractivity contribution >= 4 is 0 Å². The molecular formula is C17H21NO. The van der Waals surface area contributed by atoms with Crippen LogP contribution in [0.2, 0.25) is 0 Å². The van der Waals surface area contributed by atoms with Gasteiger partial charge in [0.15, 0.2) is 0 Å². The lowest BCUT2D eigenvalue weighted by Crippen LogP contribution is -2.24. The number of benzene rings is 2. The van der Waals surface area contributed by atoms with Crippen LogP contribution < -0.4 is 10.1 Å². The van der Waals surface area contributed by atoms with Gasteiger partial charge >= 0.3 is 0 Å². The van der Waals surface area contributed by atoms with Gasteiger partial charge in [-0.3, -0.25) is 0 Å². The number of para-hydroxylation sites is 1. The molecule has 0 unspecified atom stereocenters. The minimum absolute atomic E-state index is 0.540. The molecule has 19 heavy (non-hydrogen) atoms. The molecule has 0 bridgehead atoms. The van der Waals surface area contributed by atoms with Gasteiger partial charge in [-0.2, -0.15) is 0 Å². The molecule has 0 spiro atoms. The molecule has 0 aliphatic heterocycles. The first kappa shape index (κ1) is 13.6. The van der Waals surface area contributed by atoms with Crippen LogP contribution in [0.5, 0.6) is 11.5 Å². The van der Waals surface area contributed by atoms with Crippen molar-refractivity contribution in [2.45, 2.75) is 32.9 Å². The molecule has 2 nitrogen and oxygen atoms in total. The highest BCUT2D eigenvalue weighted by Gasteiger charge is 2.01. The molecule has 0 saturated heterocycles. The van der Waals surface area contributed by atoms with Gasteiger partial charge < -0.3 is 10.1 Å². The quantitative estimate of drug-likeness (QED) is 0.827. The summed E-state index contributed by atoms with van der Waals surface area (Å²) < 4.78 is 5.82. The highest BCUT2D eigenvalue weighted by Crippen LogP contribution is 2.21. The summed E-state index contributed by atoms with van der Waals surface area (Å²) in [5.74, 6) is 1.75. The molecule has 0 fully saturated rings. The maximum absolute atomic E-state index is 5.82. The highest BCUT2D eigenvalue weighted by molar-refractivity contribution is 5.33. The summed E-state index contributed by atoms with van der Waals surface area (Å²) in [7, 11) is 0. The SMILES string of the molecule is CC[C@@H](C)NCc1cccc(Oc2ccccc2)c1. The molecule has 0 amide bonds. The zero-order chi connectivity index (χ0) is 13.5. The Morgan fingerprint density at radius 1 is 1.00 bits per heavy atom. The Morgan fingerprint density at radius 3 is 2.47 bits per heavy atom. The Labute approximate surface area is 115 Å². The Kier molecular flexibility index (Phi) is 4.99. The minimum Gasteiger partial charge on any atom is -0.457 e. The zero-order valence-corrected chi connectivity index (χ0v) is 11.6. The topological polar surface area (TPSA) is 21.3 Å². The predicted molar refractivity (Wildman–Crippen MR) is 79.6 cm³/mol. The summed E-state index contributed by atoms with van der Waals surface area (Å²) in [6, 6.07) is 18.6. The number of nitrogens with one attached hydrogen (secondary N) is 1. The average Bonchev–Trinajstić information content (AvgIpc) is 2.46. The van der Waals surface area contributed by atoms with E-state index < -0.39 is 0 Å². The molecule has 2 rings (SSSR count). The van der Waals surface area contributed by atoms with E-state index in [-0.39, 0.29) is 0 Å². The number of hydrogen-bond acceptors (Lipinski definition) is 2. The van der Waals surface area contributed by atoms with Crippen molar-refractivity contribution in [2.24, 2.45) is 0 Å². The van der Waals surface area contributed by atoms with Crippen molar-refractivity contribution in [3.05, 3.63) is 60.2 Å². The van der Waals surface area contributed by atoms with Gasteiger partial charge in [0, 0.05) is 12.6 Å². The normalized spacial score (nSPS) is 12.1. The van der Waals surface area contributed by atoms with Crippen LogP contribution in [0.4, 0.5) is 0 Å². The van der Waals surface area contributed by atoms with Crippen LogP contribution in [0.3, 0.4) is 0 Å². The van der Waals surface area contributed by atoms with Gasteiger partial charge in [0.25, 0.3) is 0 Å². The highest BCUT2D eigenvalue weighted by atomic mass is 16.5. The van der Waals surface area contributed by atoms with Crippen molar-refractivity contribution < 1.29 is 4.74 Å². The average molecular weight is 255 g/mol. The third kappa shape index (κ3) is 4.42. The van der Waals surface area contributed by atoms with E-state index >= 15 is 0 Å². The van der Waals surface area contributed by atoms with E-state index in [1.165, 1.54) is 5.56 Å². The molecule has 0 aliphatic carbocycles. The van der Waals surface area contributed by atoms with Gasteiger partial charge in [0.2, 0.25) is 0 Å². The maximum atomic E-state index is 5.82. The van der Waals surface area contributed by atoms with Crippen LogP contribution >= 0.6 is 0 Å². The van der Waals surface area contributed by atoms with Gasteiger partial charge in [0.05, 0.1) is 0 Å². The standard InChI is InChI=1S/C17H21NO/c1-3-14(2)18-13-15-8-7-11-17(12-15)19-16-9-5-4-6-10-16/h4-12,14,18H,3,13H2,1-2H3/t14-/m1/s1. The predicted octanol–water partition coefficient (Wildman–Crippen LogP) is 4.37. The first-order chi connectivity index (χ1) is 9.28. The molecule has 0 saturated carbocycles. The van der Waals surface area contributed by atoms with Crippen LogP contribution in [-0.2, 0) is 6.54 Å². The van der Waals surface area contributed by atoms with E-state index in [9.17, 15) is 0 Å². The Hall–Kier alpha value is -1.80. The summed E-state index contributed by atoms with van der Waals surface area (Å²) in [6.07, 6.45) is 1.14.